The van der Waals surface area contributed by atoms with Crippen LogP contribution in [0.15, 0.2) is 29.8 Å². The molecule has 2 rings (SSSR count). The maximum absolute atomic E-state index is 11.9. The van der Waals surface area contributed by atoms with Crippen LogP contribution in [-0.4, -0.2) is 31.7 Å². The predicted molar refractivity (Wildman–Crippen MR) is 117 cm³/mol. The van der Waals surface area contributed by atoms with Crippen molar-refractivity contribution in [3.8, 4) is 11.5 Å². The van der Waals surface area contributed by atoms with E-state index in [4.69, 9.17) is 9.47 Å². The lowest BCUT2D eigenvalue weighted by molar-refractivity contribution is -0.124. The molecule has 1 aliphatic rings. The second-order valence-corrected chi connectivity index (χ2v) is 8.11. The zero-order valence-electron chi connectivity index (χ0n) is 17.6. The first-order valence-corrected chi connectivity index (χ1v) is 9.87. The van der Waals surface area contributed by atoms with Crippen molar-refractivity contribution in [2.45, 2.75) is 65.0 Å². The number of halogens is 1. The second-order valence-electron chi connectivity index (χ2n) is 8.11. The fourth-order valence-corrected chi connectivity index (χ4v) is 3.15. The highest BCUT2D eigenvalue weighted by Crippen LogP contribution is 2.28. The molecule has 28 heavy (non-hydrogen) atoms. The fourth-order valence-electron chi connectivity index (χ4n) is 3.15. The van der Waals surface area contributed by atoms with Gasteiger partial charge in [0.1, 0.15) is 0 Å². The van der Waals surface area contributed by atoms with E-state index < -0.39 is 0 Å². The molecular weight excluding hydrogens is 376 g/mol. The number of methoxy groups -OCH3 is 1. The highest BCUT2D eigenvalue weighted by Gasteiger charge is 2.15. The van der Waals surface area contributed by atoms with Crippen molar-refractivity contribution in [1.82, 2.24) is 10.6 Å². The fraction of sp³-hybridized carbons (Fsp3) is 0.591. The van der Waals surface area contributed by atoms with Gasteiger partial charge in [0.15, 0.2) is 18.1 Å². The van der Waals surface area contributed by atoms with E-state index in [9.17, 15) is 4.79 Å². The number of carbonyl (C=O) groups is 1. The summed E-state index contributed by atoms with van der Waals surface area (Å²) in [4.78, 5) is 11.9. The molecule has 0 fully saturated rings. The first-order valence-electron chi connectivity index (χ1n) is 9.87. The number of ether oxygens (including phenoxy) is 2. The summed E-state index contributed by atoms with van der Waals surface area (Å²) < 4.78 is 11.1. The number of allylic oxidation sites excluding steroid dienone is 1. The van der Waals surface area contributed by atoms with Crippen LogP contribution < -0.4 is 20.1 Å². The minimum atomic E-state index is -0.270. The Morgan fingerprint density at radius 2 is 1.96 bits per heavy atom. The number of amides is 1. The van der Waals surface area contributed by atoms with Crippen molar-refractivity contribution in [2.24, 2.45) is 0 Å². The third-order valence-corrected chi connectivity index (χ3v) is 4.44. The third kappa shape index (κ3) is 8.98. The summed E-state index contributed by atoms with van der Waals surface area (Å²) in [7, 11) is 1.62. The molecule has 0 spiro atoms. The molecule has 0 heterocycles. The Morgan fingerprint density at radius 3 is 2.61 bits per heavy atom. The Morgan fingerprint density at radius 1 is 1.18 bits per heavy atom. The molecule has 0 unspecified atom stereocenters. The molecule has 0 aromatic heterocycles. The predicted octanol–water partition coefficient (Wildman–Crippen LogP) is 4.39. The van der Waals surface area contributed by atoms with Crippen LogP contribution in [0.1, 0.15) is 58.4 Å². The molecule has 0 bridgehead atoms. The van der Waals surface area contributed by atoms with Crippen LogP contribution in [0.25, 0.3) is 0 Å². The summed E-state index contributed by atoms with van der Waals surface area (Å²) in [5, 5.41) is 6.37. The maximum Gasteiger partial charge on any atom is 0.258 e. The van der Waals surface area contributed by atoms with Gasteiger partial charge in [0.25, 0.3) is 5.91 Å². The van der Waals surface area contributed by atoms with Gasteiger partial charge < -0.3 is 20.1 Å². The monoisotopic (exact) mass is 410 g/mol. The first kappa shape index (κ1) is 24.3. The molecule has 158 valence electrons. The molecule has 0 radical (unpaired) electrons. The van der Waals surface area contributed by atoms with Crippen LogP contribution in [0.4, 0.5) is 0 Å². The van der Waals surface area contributed by atoms with E-state index in [0.717, 1.165) is 25.1 Å². The smallest absolute Gasteiger partial charge is 0.258 e. The van der Waals surface area contributed by atoms with E-state index in [0.29, 0.717) is 11.5 Å². The van der Waals surface area contributed by atoms with Gasteiger partial charge in [-0.2, -0.15) is 0 Å². The summed E-state index contributed by atoms with van der Waals surface area (Å²) in [6.07, 6.45) is 8.69. The summed E-state index contributed by atoms with van der Waals surface area (Å²) >= 11 is 0. The molecule has 0 saturated heterocycles. The molecule has 5 nitrogen and oxygen atoms in total. The minimum Gasteiger partial charge on any atom is -0.493 e. The normalized spacial score (nSPS) is 13.9. The molecule has 6 heteroatoms. The van der Waals surface area contributed by atoms with Crippen molar-refractivity contribution in [3.05, 3.63) is 35.4 Å². The Kier molecular flexibility index (Phi) is 10.4. The van der Waals surface area contributed by atoms with Crippen molar-refractivity contribution in [3.63, 3.8) is 0 Å². The Labute approximate surface area is 175 Å². The van der Waals surface area contributed by atoms with Gasteiger partial charge in [-0.25, -0.2) is 0 Å². The van der Waals surface area contributed by atoms with Crippen molar-refractivity contribution in [2.75, 3.05) is 20.3 Å². The maximum atomic E-state index is 11.9. The zero-order chi connectivity index (χ0) is 19.7. The highest BCUT2D eigenvalue weighted by molar-refractivity contribution is 5.85. The molecule has 0 aliphatic heterocycles. The van der Waals surface area contributed by atoms with E-state index in [1.165, 1.54) is 25.7 Å². The van der Waals surface area contributed by atoms with Crippen LogP contribution in [-0.2, 0) is 11.3 Å². The molecule has 1 aromatic carbocycles. The van der Waals surface area contributed by atoms with Gasteiger partial charge in [-0.1, -0.05) is 17.7 Å². The van der Waals surface area contributed by atoms with Gasteiger partial charge >= 0.3 is 0 Å². The molecule has 0 atom stereocenters. The van der Waals surface area contributed by atoms with E-state index in [1.807, 2.05) is 39.0 Å². The largest absolute Gasteiger partial charge is 0.493 e. The van der Waals surface area contributed by atoms with E-state index in [1.54, 1.807) is 12.7 Å². The molecule has 1 amide bonds. The van der Waals surface area contributed by atoms with Gasteiger partial charge in [0.05, 0.1) is 7.11 Å². The molecular formula is C22H35ClN2O3. The summed E-state index contributed by atoms with van der Waals surface area (Å²) in [5.74, 6) is 1.08. The van der Waals surface area contributed by atoms with E-state index in [-0.39, 0.29) is 30.5 Å². The Balaban J connectivity index is 0.00000392. The topological polar surface area (TPSA) is 59.6 Å². The van der Waals surface area contributed by atoms with Gasteiger partial charge in [0, 0.05) is 12.1 Å². The van der Waals surface area contributed by atoms with Crippen LogP contribution in [0, 0.1) is 0 Å². The van der Waals surface area contributed by atoms with Crippen LogP contribution in [0.3, 0.4) is 0 Å². The average molecular weight is 411 g/mol. The number of nitrogens with one attached hydrogen (secondary N) is 2. The Bertz CT molecular complexity index is 654. The van der Waals surface area contributed by atoms with Crippen LogP contribution in [0.5, 0.6) is 11.5 Å². The lowest BCUT2D eigenvalue weighted by atomic mass is 9.97. The average Bonchev–Trinajstić information content (AvgIpc) is 2.63. The van der Waals surface area contributed by atoms with Crippen LogP contribution in [0.2, 0.25) is 0 Å². The lowest BCUT2D eigenvalue weighted by Crippen LogP contribution is -2.43. The molecule has 0 saturated carbocycles. The van der Waals surface area contributed by atoms with Crippen LogP contribution >= 0.6 is 12.4 Å². The molecule has 1 aromatic rings. The van der Waals surface area contributed by atoms with Gasteiger partial charge in [-0.3, -0.25) is 4.79 Å². The zero-order valence-corrected chi connectivity index (χ0v) is 18.4. The number of rotatable bonds is 9. The van der Waals surface area contributed by atoms with Gasteiger partial charge in [0.2, 0.25) is 0 Å². The van der Waals surface area contributed by atoms with Crippen molar-refractivity contribution < 1.29 is 14.3 Å². The summed E-state index contributed by atoms with van der Waals surface area (Å²) in [6.45, 7) is 7.57. The molecule has 1 aliphatic carbocycles. The number of hydrogen-bond donors (Lipinski definition) is 2. The summed E-state index contributed by atoms with van der Waals surface area (Å²) in [6, 6.07) is 5.83. The third-order valence-electron chi connectivity index (χ3n) is 4.44. The SMILES string of the molecule is COc1cc(CNCCC2=CCCCC2)ccc1OCC(=O)NC(C)(C)C.Cl. The highest BCUT2D eigenvalue weighted by atomic mass is 35.5. The van der Waals surface area contributed by atoms with Crippen molar-refractivity contribution >= 4 is 18.3 Å². The van der Waals surface area contributed by atoms with Crippen molar-refractivity contribution in [1.29, 1.82) is 0 Å². The standard InChI is InChI=1S/C22H34N2O3.ClH/c1-22(2,3)24-21(25)16-27-19-11-10-18(14-20(19)26-4)15-23-13-12-17-8-6-5-7-9-17;/h8,10-11,14,23H,5-7,9,12-13,15-16H2,1-4H3,(H,24,25);1H. The summed E-state index contributed by atoms with van der Waals surface area (Å²) in [5.41, 5.74) is 2.45. The quantitative estimate of drug-likeness (QED) is 0.468. The van der Waals surface area contributed by atoms with Gasteiger partial charge in [-0.15, -0.1) is 12.4 Å². The number of hydrogen-bond acceptors (Lipinski definition) is 4. The first-order chi connectivity index (χ1) is 12.9. The molecule has 2 N–H and O–H groups in total. The second kappa shape index (κ2) is 12.0. The van der Waals surface area contributed by atoms with E-state index in [2.05, 4.69) is 16.7 Å². The lowest BCUT2D eigenvalue weighted by Gasteiger charge is -2.20. The number of benzene rings is 1. The Hall–Kier alpha value is -1.72. The minimum absolute atomic E-state index is 0. The van der Waals surface area contributed by atoms with Gasteiger partial charge in [-0.05, 0) is 77.1 Å². The van der Waals surface area contributed by atoms with E-state index >= 15 is 0 Å². The number of carbonyl (C=O) groups excluding carboxylic acids is 1.